The third kappa shape index (κ3) is 8.71. The number of benzene rings is 1. The van der Waals surface area contributed by atoms with E-state index in [0.717, 1.165) is 44.2 Å². The standard InChI is InChI=1S/C21H34N2O2/c1-4-6-9-14-21(25)23(16-7-5-2)17-15-20(24)22-18(3)19-12-10-8-11-13-19/h8,10-13,18H,4-7,9,14-17H2,1-3H3,(H,22,24). The summed E-state index contributed by atoms with van der Waals surface area (Å²) in [5.41, 5.74) is 1.09. The van der Waals surface area contributed by atoms with Crippen LogP contribution < -0.4 is 5.32 Å². The fourth-order valence-corrected chi connectivity index (χ4v) is 2.77. The van der Waals surface area contributed by atoms with Gasteiger partial charge >= 0.3 is 0 Å². The molecule has 1 rings (SSSR count). The maximum absolute atomic E-state index is 12.4. The molecule has 0 bridgehead atoms. The molecule has 0 fully saturated rings. The average molecular weight is 347 g/mol. The second kappa shape index (κ2) is 12.5. The van der Waals surface area contributed by atoms with Crippen LogP contribution in [0.25, 0.3) is 0 Å². The van der Waals surface area contributed by atoms with Crippen molar-refractivity contribution >= 4 is 11.8 Å². The SMILES string of the molecule is CCCCCC(=O)N(CCCC)CCC(=O)NC(C)c1ccccc1. The Labute approximate surface area is 153 Å². The predicted octanol–water partition coefficient (Wildman–Crippen LogP) is 4.46. The molecule has 4 nitrogen and oxygen atoms in total. The molecule has 25 heavy (non-hydrogen) atoms. The lowest BCUT2D eigenvalue weighted by Gasteiger charge is -2.23. The molecule has 0 aliphatic heterocycles. The van der Waals surface area contributed by atoms with Gasteiger partial charge in [0.2, 0.25) is 11.8 Å². The first-order chi connectivity index (χ1) is 12.1. The Morgan fingerprint density at radius 2 is 1.64 bits per heavy atom. The van der Waals surface area contributed by atoms with Gasteiger partial charge in [-0.25, -0.2) is 0 Å². The summed E-state index contributed by atoms with van der Waals surface area (Å²) in [5, 5.41) is 3.02. The van der Waals surface area contributed by atoms with Crippen molar-refractivity contribution in [2.75, 3.05) is 13.1 Å². The number of amides is 2. The Balaban J connectivity index is 2.45. The van der Waals surface area contributed by atoms with Crippen molar-refractivity contribution in [2.45, 2.75) is 71.8 Å². The van der Waals surface area contributed by atoms with Crippen molar-refractivity contribution in [1.29, 1.82) is 0 Å². The van der Waals surface area contributed by atoms with Crippen molar-refractivity contribution in [1.82, 2.24) is 10.2 Å². The minimum absolute atomic E-state index is 0.000732. The summed E-state index contributed by atoms with van der Waals surface area (Å²) in [6, 6.07) is 9.91. The van der Waals surface area contributed by atoms with Crippen LogP contribution in [0.4, 0.5) is 0 Å². The van der Waals surface area contributed by atoms with Gasteiger partial charge in [0.05, 0.1) is 6.04 Å². The summed E-state index contributed by atoms with van der Waals surface area (Å²) in [4.78, 5) is 26.5. The van der Waals surface area contributed by atoms with Crippen molar-refractivity contribution in [2.24, 2.45) is 0 Å². The zero-order valence-corrected chi connectivity index (χ0v) is 16.1. The van der Waals surface area contributed by atoms with Crippen LogP contribution in [0, 0.1) is 0 Å². The van der Waals surface area contributed by atoms with E-state index in [1.165, 1.54) is 0 Å². The van der Waals surface area contributed by atoms with Crippen molar-refractivity contribution < 1.29 is 9.59 Å². The van der Waals surface area contributed by atoms with Gasteiger partial charge in [-0.15, -0.1) is 0 Å². The lowest BCUT2D eigenvalue weighted by Crippen LogP contribution is -2.36. The maximum atomic E-state index is 12.4. The van der Waals surface area contributed by atoms with Gasteiger partial charge < -0.3 is 10.2 Å². The molecule has 4 heteroatoms. The smallest absolute Gasteiger partial charge is 0.222 e. The molecule has 0 saturated heterocycles. The van der Waals surface area contributed by atoms with Crippen LogP contribution in [0.2, 0.25) is 0 Å². The molecular weight excluding hydrogens is 312 g/mol. The molecule has 1 aromatic rings. The fourth-order valence-electron chi connectivity index (χ4n) is 2.77. The first kappa shape index (κ1) is 21.2. The zero-order chi connectivity index (χ0) is 18.5. The molecule has 2 amide bonds. The fraction of sp³-hybridized carbons (Fsp3) is 0.619. The van der Waals surface area contributed by atoms with Crippen molar-refractivity contribution in [3.8, 4) is 0 Å². The van der Waals surface area contributed by atoms with E-state index in [9.17, 15) is 9.59 Å². The molecule has 1 atom stereocenters. The van der Waals surface area contributed by atoms with E-state index in [2.05, 4.69) is 19.2 Å². The summed E-state index contributed by atoms with van der Waals surface area (Å²) in [6.45, 7) is 7.50. The number of nitrogens with zero attached hydrogens (tertiary/aromatic N) is 1. The second-order valence-electron chi connectivity index (χ2n) is 6.64. The van der Waals surface area contributed by atoms with E-state index < -0.39 is 0 Å². The molecule has 0 aromatic heterocycles. The van der Waals surface area contributed by atoms with E-state index in [1.807, 2.05) is 42.2 Å². The topological polar surface area (TPSA) is 49.4 Å². The van der Waals surface area contributed by atoms with Crippen LogP contribution in [0.1, 0.15) is 77.3 Å². The number of hydrogen-bond donors (Lipinski definition) is 1. The molecule has 0 aliphatic rings. The zero-order valence-electron chi connectivity index (χ0n) is 16.1. The third-order valence-corrected chi connectivity index (χ3v) is 4.41. The lowest BCUT2D eigenvalue weighted by molar-refractivity contribution is -0.132. The molecule has 140 valence electrons. The first-order valence-electron chi connectivity index (χ1n) is 9.70. The Hall–Kier alpha value is -1.84. The first-order valence-corrected chi connectivity index (χ1v) is 9.70. The minimum atomic E-state index is -0.0157. The Kier molecular flexibility index (Phi) is 10.6. The lowest BCUT2D eigenvalue weighted by atomic mass is 10.1. The van der Waals surface area contributed by atoms with Crippen LogP contribution in [-0.2, 0) is 9.59 Å². The largest absolute Gasteiger partial charge is 0.350 e. The molecule has 1 unspecified atom stereocenters. The molecule has 0 radical (unpaired) electrons. The van der Waals surface area contributed by atoms with E-state index in [4.69, 9.17) is 0 Å². The van der Waals surface area contributed by atoms with E-state index in [0.29, 0.717) is 19.4 Å². The van der Waals surface area contributed by atoms with E-state index >= 15 is 0 Å². The number of carbonyl (C=O) groups excluding carboxylic acids is 2. The summed E-state index contributed by atoms with van der Waals surface area (Å²) in [6.07, 6.45) is 6.14. The maximum Gasteiger partial charge on any atom is 0.222 e. The summed E-state index contributed by atoms with van der Waals surface area (Å²) >= 11 is 0. The molecule has 0 saturated carbocycles. The van der Waals surface area contributed by atoms with Crippen LogP contribution in [0.3, 0.4) is 0 Å². The van der Waals surface area contributed by atoms with Gasteiger partial charge in [-0.3, -0.25) is 9.59 Å². The monoisotopic (exact) mass is 346 g/mol. The van der Waals surface area contributed by atoms with Crippen LogP contribution in [0.15, 0.2) is 30.3 Å². The minimum Gasteiger partial charge on any atom is -0.350 e. The number of unbranched alkanes of at least 4 members (excludes halogenated alkanes) is 3. The predicted molar refractivity (Wildman–Crippen MR) is 103 cm³/mol. The molecule has 1 N–H and O–H groups in total. The Morgan fingerprint density at radius 1 is 0.960 bits per heavy atom. The highest BCUT2D eigenvalue weighted by Gasteiger charge is 2.15. The molecular formula is C21H34N2O2. The Morgan fingerprint density at radius 3 is 2.28 bits per heavy atom. The third-order valence-electron chi connectivity index (χ3n) is 4.41. The Bertz CT molecular complexity index is 502. The van der Waals surface area contributed by atoms with Gasteiger partial charge in [0.25, 0.3) is 0 Å². The summed E-state index contributed by atoms with van der Waals surface area (Å²) in [7, 11) is 0. The van der Waals surface area contributed by atoms with E-state index in [1.54, 1.807) is 0 Å². The molecule has 0 spiro atoms. The van der Waals surface area contributed by atoms with Gasteiger partial charge in [0.1, 0.15) is 0 Å². The highest BCUT2D eigenvalue weighted by molar-refractivity contribution is 5.79. The normalized spacial score (nSPS) is 11.8. The summed E-state index contributed by atoms with van der Waals surface area (Å²) in [5.74, 6) is 0.185. The van der Waals surface area contributed by atoms with Gasteiger partial charge in [-0.1, -0.05) is 63.4 Å². The van der Waals surface area contributed by atoms with E-state index in [-0.39, 0.29) is 17.9 Å². The van der Waals surface area contributed by atoms with Crippen LogP contribution in [0.5, 0.6) is 0 Å². The van der Waals surface area contributed by atoms with Crippen molar-refractivity contribution in [3.05, 3.63) is 35.9 Å². The number of carbonyl (C=O) groups is 2. The number of nitrogens with one attached hydrogen (secondary N) is 1. The quantitative estimate of drug-likeness (QED) is 0.568. The van der Waals surface area contributed by atoms with Gasteiger partial charge in [-0.2, -0.15) is 0 Å². The van der Waals surface area contributed by atoms with Gasteiger partial charge in [0.15, 0.2) is 0 Å². The molecule has 1 aromatic carbocycles. The molecule has 0 aliphatic carbocycles. The summed E-state index contributed by atoms with van der Waals surface area (Å²) < 4.78 is 0. The number of hydrogen-bond acceptors (Lipinski definition) is 2. The average Bonchev–Trinajstić information content (AvgIpc) is 2.62. The molecule has 0 heterocycles. The van der Waals surface area contributed by atoms with Crippen LogP contribution in [-0.4, -0.2) is 29.8 Å². The highest BCUT2D eigenvalue weighted by atomic mass is 16.2. The van der Waals surface area contributed by atoms with Gasteiger partial charge in [0, 0.05) is 25.9 Å². The highest BCUT2D eigenvalue weighted by Crippen LogP contribution is 2.11. The second-order valence-corrected chi connectivity index (χ2v) is 6.64. The van der Waals surface area contributed by atoms with Crippen molar-refractivity contribution in [3.63, 3.8) is 0 Å². The number of rotatable bonds is 12. The van der Waals surface area contributed by atoms with Gasteiger partial charge in [-0.05, 0) is 25.3 Å². The van der Waals surface area contributed by atoms with Crippen LogP contribution >= 0.6 is 0 Å².